The molecule has 0 saturated carbocycles. The second-order valence-electron chi connectivity index (χ2n) is 3.37. The lowest BCUT2D eigenvalue weighted by Gasteiger charge is -2.23. The lowest BCUT2D eigenvalue weighted by Crippen LogP contribution is -2.15. The first kappa shape index (κ1) is 15.1. The fourth-order valence-corrected chi connectivity index (χ4v) is 3.41. The molecule has 0 fully saturated rings. The average Bonchev–Trinajstić information content (AvgIpc) is 2.30. The molecule has 1 aromatic rings. The number of hydrogen-bond acceptors (Lipinski definition) is 4. The van der Waals surface area contributed by atoms with Gasteiger partial charge in [0.25, 0.3) is 0 Å². The van der Waals surface area contributed by atoms with Gasteiger partial charge in [0.2, 0.25) is 0 Å². The van der Waals surface area contributed by atoms with Crippen molar-refractivity contribution in [1.29, 1.82) is 0 Å². The minimum absolute atomic E-state index is 0.315. The van der Waals surface area contributed by atoms with Crippen molar-refractivity contribution in [2.75, 3.05) is 13.2 Å². The Hall–Kier alpha value is 0.0600. The monoisotopic (exact) mass is 369 g/mol. The van der Waals surface area contributed by atoms with Crippen LogP contribution in [0.4, 0.5) is 0 Å². The van der Waals surface area contributed by atoms with Gasteiger partial charge in [0.15, 0.2) is 0 Å². The summed E-state index contributed by atoms with van der Waals surface area (Å²) in [5, 5.41) is 0. The van der Waals surface area contributed by atoms with Crippen molar-refractivity contribution >= 4 is 30.2 Å². The van der Waals surface area contributed by atoms with E-state index in [0.717, 1.165) is 9.13 Å². The summed E-state index contributed by atoms with van der Waals surface area (Å²) in [5.74, 6) is -0.737. The number of hydrogen-bond donors (Lipinski definition) is 1. The van der Waals surface area contributed by atoms with Crippen LogP contribution >= 0.6 is 30.2 Å². The molecule has 0 aromatic heterocycles. The molecule has 96 valence electrons. The topological polar surface area (TPSA) is 61.5 Å². The highest BCUT2D eigenvalue weighted by Crippen LogP contribution is 2.58. The molecule has 2 N–H and O–H groups in total. The molecule has 0 bridgehead atoms. The van der Waals surface area contributed by atoms with Gasteiger partial charge in [0, 0.05) is 3.57 Å². The van der Waals surface area contributed by atoms with E-state index in [2.05, 4.69) is 22.6 Å². The highest BCUT2D eigenvalue weighted by atomic mass is 127. The molecule has 0 aliphatic rings. The van der Waals surface area contributed by atoms with Crippen molar-refractivity contribution < 1.29 is 13.6 Å². The summed E-state index contributed by atoms with van der Waals surface area (Å²) in [6.45, 7) is 4.17. The molecular formula is C11H17INO3P. The Morgan fingerprint density at radius 3 is 2.12 bits per heavy atom. The molecule has 17 heavy (non-hydrogen) atoms. The van der Waals surface area contributed by atoms with Gasteiger partial charge < -0.3 is 14.8 Å². The largest absolute Gasteiger partial charge is 0.351 e. The standard InChI is InChI=1S/C11H17INO3P/c1-3-15-17(14,16-4-2)11(13)9-5-7-10(12)8-6-9/h5-8,11H,3-4,13H2,1-2H3/t11-/m0/s1. The van der Waals surface area contributed by atoms with Crippen molar-refractivity contribution in [1.82, 2.24) is 0 Å². The van der Waals surface area contributed by atoms with Gasteiger partial charge in [-0.15, -0.1) is 0 Å². The summed E-state index contributed by atoms with van der Waals surface area (Å²) in [5.41, 5.74) is 6.74. The van der Waals surface area contributed by atoms with E-state index in [4.69, 9.17) is 14.8 Å². The van der Waals surface area contributed by atoms with Crippen LogP contribution in [0.2, 0.25) is 0 Å². The number of rotatable bonds is 6. The van der Waals surface area contributed by atoms with Crippen LogP contribution in [0.5, 0.6) is 0 Å². The van der Waals surface area contributed by atoms with Crippen molar-refractivity contribution in [3.63, 3.8) is 0 Å². The smallest absolute Gasteiger partial charge is 0.314 e. The fourth-order valence-electron chi connectivity index (χ4n) is 1.40. The molecule has 1 rings (SSSR count). The van der Waals surface area contributed by atoms with Crippen LogP contribution in [0.25, 0.3) is 0 Å². The van der Waals surface area contributed by atoms with Gasteiger partial charge >= 0.3 is 7.60 Å². The zero-order valence-electron chi connectivity index (χ0n) is 9.93. The molecule has 0 amide bonds. The molecule has 0 unspecified atom stereocenters. The first-order valence-electron chi connectivity index (χ1n) is 5.43. The molecule has 4 nitrogen and oxygen atoms in total. The van der Waals surface area contributed by atoms with Gasteiger partial charge in [-0.1, -0.05) is 12.1 Å². The van der Waals surface area contributed by atoms with Crippen LogP contribution in [-0.2, 0) is 13.6 Å². The van der Waals surface area contributed by atoms with E-state index < -0.39 is 13.4 Å². The molecule has 0 aliphatic carbocycles. The van der Waals surface area contributed by atoms with Crippen LogP contribution in [0.1, 0.15) is 25.2 Å². The van der Waals surface area contributed by atoms with Crippen molar-refractivity contribution in [3.8, 4) is 0 Å². The third kappa shape index (κ3) is 4.03. The zero-order chi connectivity index (χ0) is 12.9. The van der Waals surface area contributed by atoms with Gasteiger partial charge in [-0.3, -0.25) is 4.57 Å². The SMILES string of the molecule is CCOP(=O)(OCC)[C@H](N)c1ccc(I)cc1. The first-order chi connectivity index (χ1) is 8.03. The lowest BCUT2D eigenvalue weighted by atomic mass is 10.2. The van der Waals surface area contributed by atoms with Crippen LogP contribution in [-0.4, -0.2) is 13.2 Å². The molecule has 0 heterocycles. The third-order valence-electron chi connectivity index (χ3n) is 2.17. The van der Waals surface area contributed by atoms with E-state index in [-0.39, 0.29) is 0 Å². The highest BCUT2D eigenvalue weighted by Gasteiger charge is 2.33. The molecule has 1 aromatic carbocycles. The molecule has 0 radical (unpaired) electrons. The molecule has 6 heteroatoms. The first-order valence-corrected chi connectivity index (χ1v) is 8.12. The van der Waals surface area contributed by atoms with Gasteiger partial charge in [-0.2, -0.15) is 0 Å². The van der Waals surface area contributed by atoms with Crippen LogP contribution < -0.4 is 5.73 Å². The lowest BCUT2D eigenvalue weighted by molar-refractivity contribution is 0.212. The number of benzene rings is 1. The van der Waals surface area contributed by atoms with E-state index >= 15 is 0 Å². The second kappa shape index (κ2) is 6.85. The summed E-state index contributed by atoms with van der Waals surface area (Å²) >= 11 is 2.20. The Morgan fingerprint density at radius 1 is 1.24 bits per heavy atom. The molecular weight excluding hydrogens is 352 g/mol. The second-order valence-corrected chi connectivity index (χ2v) is 6.77. The number of halogens is 1. The fraction of sp³-hybridized carbons (Fsp3) is 0.455. The molecule has 0 aliphatic heterocycles. The summed E-state index contributed by atoms with van der Waals surface area (Å²) in [6, 6.07) is 7.52. The Bertz CT molecular complexity index is 386. The van der Waals surface area contributed by atoms with Gasteiger partial charge in [-0.05, 0) is 54.1 Å². The van der Waals surface area contributed by atoms with Gasteiger partial charge in [0.1, 0.15) is 5.78 Å². The van der Waals surface area contributed by atoms with Crippen molar-refractivity contribution in [2.24, 2.45) is 5.73 Å². The highest BCUT2D eigenvalue weighted by molar-refractivity contribution is 14.1. The Kier molecular flexibility index (Phi) is 6.09. The quantitative estimate of drug-likeness (QED) is 0.616. The molecule has 1 atom stereocenters. The maximum atomic E-state index is 12.4. The molecule has 0 spiro atoms. The Morgan fingerprint density at radius 2 is 1.71 bits per heavy atom. The molecule has 0 saturated heterocycles. The minimum atomic E-state index is -3.27. The van der Waals surface area contributed by atoms with Gasteiger partial charge in [0.05, 0.1) is 13.2 Å². The summed E-state index contributed by atoms with van der Waals surface area (Å²) in [7, 11) is -3.27. The Labute approximate surface area is 116 Å². The van der Waals surface area contributed by atoms with Crippen LogP contribution in [0, 0.1) is 3.57 Å². The van der Waals surface area contributed by atoms with Crippen LogP contribution in [0.15, 0.2) is 24.3 Å². The van der Waals surface area contributed by atoms with E-state index in [1.54, 1.807) is 13.8 Å². The average molecular weight is 369 g/mol. The van der Waals surface area contributed by atoms with E-state index in [9.17, 15) is 4.57 Å². The maximum Gasteiger partial charge on any atom is 0.351 e. The third-order valence-corrected chi connectivity index (χ3v) is 5.11. The predicted molar refractivity (Wildman–Crippen MR) is 76.9 cm³/mol. The normalized spacial score (nSPS) is 13.6. The maximum absolute atomic E-state index is 12.4. The van der Waals surface area contributed by atoms with E-state index in [1.807, 2.05) is 24.3 Å². The van der Waals surface area contributed by atoms with Gasteiger partial charge in [-0.25, -0.2) is 0 Å². The van der Waals surface area contributed by atoms with Crippen molar-refractivity contribution in [2.45, 2.75) is 19.6 Å². The van der Waals surface area contributed by atoms with E-state index in [1.165, 1.54) is 0 Å². The van der Waals surface area contributed by atoms with E-state index in [0.29, 0.717) is 13.2 Å². The van der Waals surface area contributed by atoms with Crippen molar-refractivity contribution in [3.05, 3.63) is 33.4 Å². The summed E-state index contributed by atoms with van der Waals surface area (Å²) in [6.07, 6.45) is 0. The Balaban J connectivity index is 2.95. The zero-order valence-corrected chi connectivity index (χ0v) is 13.0. The predicted octanol–water partition coefficient (Wildman–Crippen LogP) is 3.51. The summed E-state index contributed by atoms with van der Waals surface area (Å²) < 4.78 is 24.0. The van der Waals surface area contributed by atoms with Crippen LogP contribution in [0.3, 0.4) is 0 Å². The number of nitrogens with two attached hydrogens (primary N) is 1. The summed E-state index contributed by atoms with van der Waals surface area (Å²) in [4.78, 5) is 0. The minimum Gasteiger partial charge on any atom is -0.314 e.